The number of carbonyl (C=O) groups excluding carboxylic acids is 1. The van der Waals surface area contributed by atoms with E-state index in [0.717, 1.165) is 61.2 Å². The number of fused-ring (bicyclic) bond motifs is 5. The van der Waals surface area contributed by atoms with E-state index in [2.05, 4.69) is 40.7 Å². The molecule has 5 heteroatoms. The predicted octanol–water partition coefficient (Wildman–Crippen LogP) is 6.86. The summed E-state index contributed by atoms with van der Waals surface area (Å²) in [5.41, 5.74) is 7.72. The lowest BCUT2D eigenvalue weighted by atomic mass is 9.46. The van der Waals surface area contributed by atoms with Gasteiger partial charge in [0.15, 0.2) is 0 Å². The van der Waals surface area contributed by atoms with Crippen LogP contribution in [0.2, 0.25) is 0 Å². The summed E-state index contributed by atoms with van der Waals surface area (Å²) in [6.07, 6.45) is 15.9. The number of rotatable bonds is 8. The fourth-order valence-electron chi connectivity index (χ4n) is 9.46. The number of carboxylic acid groups (broad SMARTS) is 1. The van der Waals surface area contributed by atoms with Crippen molar-refractivity contribution in [2.75, 3.05) is 6.54 Å². The molecule has 35 heavy (non-hydrogen) atoms. The Kier molecular flexibility index (Phi) is 7.65. The molecule has 2 amide bonds. The third kappa shape index (κ3) is 4.90. The van der Waals surface area contributed by atoms with Crippen LogP contribution in [0.5, 0.6) is 0 Å². The van der Waals surface area contributed by atoms with Gasteiger partial charge in [-0.3, -0.25) is 4.79 Å². The van der Waals surface area contributed by atoms with E-state index in [-0.39, 0.29) is 18.0 Å². The molecule has 0 heterocycles. The molecule has 3 fully saturated rings. The van der Waals surface area contributed by atoms with Gasteiger partial charge in [-0.05, 0) is 97.7 Å². The summed E-state index contributed by atoms with van der Waals surface area (Å²) in [5, 5.41) is 9.28. The van der Waals surface area contributed by atoms with Crippen molar-refractivity contribution in [1.29, 1.82) is 0 Å². The van der Waals surface area contributed by atoms with Crippen LogP contribution in [-0.4, -0.2) is 34.6 Å². The minimum Gasteiger partial charge on any atom is -0.480 e. The number of amides is 2. The van der Waals surface area contributed by atoms with Gasteiger partial charge in [-0.15, -0.1) is 0 Å². The first-order chi connectivity index (χ1) is 16.5. The maximum Gasteiger partial charge on any atom is 0.323 e. The predicted molar refractivity (Wildman–Crippen MR) is 141 cm³/mol. The number of urea groups is 1. The zero-order valence-corrected chi connectivity index (χ0v) is 22.9. The highest BCUT2D eigenvalue weighted by Gasteiger charge is 2.59. The topological polar surface area (TPSA) is 83.6 Å². The number of nitrogens with zero attached hydrogens (tertiary/aromatic N) is 1. The van der Waals surface area contributed by atoms with Crippen molar-refractivity contribution < 1.29 is 14.7 Å². The zero-order chi connectivity index (χ0) is 25.5. The number of hydrogen-bond acceptors (Lipinski definition) is 2. The monoisotopic (exact) mass is 486 g/mol. The molecule has 3 saturated carbocycles. The van der Waals surface area contributed by atoms with Crippen LogP contribution in [0, 0.1) is 46.3 Å². The lowest BCUT2D eigenvalue weighted by molar-refractivity contribution is -0.138. The van der Waals surface area contributed by atoms with Crippen molar-refractivity contribution >= 4 is 12.0 Å². The molecule has 4 rings (SSSR count). The SMILES string of the molecule is CC(C)CCC[C@@H](C)[C@H]1CC[C@H]2[C@@H]3CC=C4C[C@@H](N(CC(=O)O)C(N)=O)CC[C@]4(C)[C@H]3CC[C@]12C. The van der Waals surface area contributed by atoms with Crippen molar-refractivity contribution in [3.8, 4) is 0 Å². The van der Waals surface area contributed by atoms with Crippen LogP contribution in [0.15, 0.2) is 11.6 Å². The molecule has 3 N–H and O–H groups in total. The first-order valence-corrected chi connectivity index (χ1v) is 14.4. The lowest BCUT2D eigenvalue weighted by Crippen LogP contribution is -2.54. The van der Waals surface area contributed by atoms with Crippen LogP contribution in [0.25, 0.3) is 0 Å². The van der Waals surface area contributed by atoms with Gasteiger partial charge >= 0.3 is 12.0 Å². The molecule has 8 atom stereocenters. The minimum atomic E-state index is -0.990. The van der Waals surface area contributed by atoms with Crippen LogP contribution in [0.4, 0.5) is 4.79 Å². The summed E-state index contributed by atoms with van der Waals surface area (Å²) in [5.74, 6) is 3.85. The van der Waals surface area contributed by atoms with Gasteiger partial charge in [0.2, 0.25) is 0 Å². The normalized spacial score (nSPS) is 39.3. The van der Waals surface area contributed by atoms with E-state index in [1.54, 1.807) is 0 Å². The van der Waals surface area contributed by atoms with E-state index >= 15 is 0 Å². The first-order valence-electron chi connectivity index (χ1n) is 14.4. The number of hydrogen-bond donors (Lipinski definition) is 2. The van der Waals surface area contributed by atoms with Crippen LogP contribution in [0.3, 0.4) is 0 Å². The second-order valence-corrected chi connectivity index (χ2v) is 13.5. The van der Waals surface area contributed by atoms with Crippen molar-refractivity contribution in [2.24, 2.45) is 52.1 Å². The molecule has 0 aromatic carbocycles. The molecular formula is C30H50N2O3. The van der Waals surface area contributed by atoms with E-state index < -0.39 is 12.0 Å². The molecule has 0 saturated heterocycles. The zero-order valence-electron chi connectivity index (χ0n) is 22.9. The Morgan fingerprint density at radius 1 is 1.09 bits per heavy atom. The maximum absolute atomic E-state index is 12.0. The lowest BCUT2D eigenvalue weighted by Gasteiger charge is -2.59. The molecular weight excluding hydrogens is 436 g/mol. The van der Waals surface area contributed by atoms with Gasteiger partial charge in [-0.1, -0.05) is 65.5 Å². The second kappa shape index (κ2) is 10.1. The summed E-state index contributed by atoms with van der Waals surface area (Å²) in [7, 11) is 0. The van der Waals surface area contributed by atoms with E-state index in [1.807, 2.05) is 0 Å². The van der Waals surface area contributed by atoms with Gasteiger partial charge in [0.1, 0.15) is 6.54 Å². The smallest absolute Gasteiger partial charge is 0.323 e. The third-order valence-electron chi connectivity index (χ3n) is 11.3. The maximum atomic E-state index is 12.0. The highest BCUT2D eigenvalue weighted by molar-refractivity contribution is 5.79. The second-order valence-electron chi connectivity index (χ2n) is 13.5. The van der Waals surface area contributed by atoms with E-state index in [9.17, 15) is 14.7 Å². The Hall–Kier alpha value is -1.52. The average molecular weight is 487 g/mol. The summed E-state index contributed by atoms with van der Waals surface area (Å²) in [6, 6.07) is -0.695. The Morgan fingerprint density at radius 2 is 1.83 bits per heavy atom. The van der Waals surface area contributed by atoms with Gasteiger partial charge in [-0.2, -0.15) is 0 Å². The molecule has 5 nitrogen and oxygen atoms in total. The molecule has 0 unspecified atom stereocenters. The van der Waals surface area contributed by atoms with Crippen molar-refractivity contribution in [2.45, 2.75) is 111 Å². The van der Waals surface area contributed by atoms with Crippen LogP contribution in [0.1, 0.15) is 105 Å². The molecule has 198 valence electrons. The summed E-state index contributed by atoms with van der Waals surface area (Å²) in [4.78, 5) is 24.7. The number of carbonyl (C=O) groups is 2. The van der Waals surface area contributed by atoms with Crippen LogP contribution in [-0.2, 0) is 4.79 Å². The molecule has 0 aliphatic heterocycles. The van der Waals surface area contributed by atoms with E-state index in [1.165, 1.54) is 55.4 Å². The van der Waals surface area contributed by atoms with E-state index in [4.69, 9.17) is 5.73 Å². The molecule has 0 aromatic rings. The van der Waals surface area contributed by atoms with Gasteiger partial charge in [-0.25, -0.2) is 4.79 Å². The molecule has 0 radical (unpaired) electrons. The number of allylic oxidation sites excluding steroid dienone is 1. The first kappa shape index (κ1) is 26.5. The quantitative estimate of drug-likeness (QED) is 0.368. The molecule has 4 aliphatic carbocycles. The number of aliphatic carboxylic acids is 1. The Balaban J connectivity index is 1.48. The van der Waals surface area contributed by atoms with Crippen LogP contribution >= 0.6 is 0 Å². The highest BCUT2D eigenvalue weighted by Crippen LogP contribution is 2.67. The van der Waals surface area contributed by atoms with Gasteiger partial charge in [0.25, 0.3) is 0 Å². The molecule has 0 spiro atoms. The number of primary amides is 1. The Labute approximate surface area is 213 Å². The number of nitrogens with two attached hydrogens (primary N) is 1. The minimum absolute atomic E-state index is 0.0871. The van der Waals surface area contributed by atoms with E-state index in [0.29, 0.717) is 5.41 Å². The average Bonchev–Trinajstić information content (AvgIpc) is 3.13. The fourth-order valence-corrected chi connectivity index (χ4v) is 9.46. The summed E-state index contributed by atoms with van der Waals surface area (Å²) >= 11 is 0. The summed E-state index contributed by atoms with van der Waals surface area (Å²) in [6.45, 7) is 12.0. The molecule has 0 aromatic heterocycles. The third-order valence-corrected chi connectivity index (χ3v) is 11.3. The van der Waals surface area contributed by atoms with Crippen LogP contribution < -0.4 is 5.73 Å². The van der Waals surface area contributed by atoms with Gasteiger partial charge in [0, 0.05) is 6.04 Å². The number of carboxylic acids is 1. The Bertz CT molecular complexity index is 837. The highest BCUT2D eigenvalue weighted by atomic mass is 16.4. The largest absolute Gasteiger partial charge is 0.480 e. The van der Waals surface area contributed by atoms with Gasteiger partial charge < -0.3 is 15.7 Å². The van der Waals surface area contributed by atoms with Crippen molar-refractivity contribution in [1.82, 2.24) is 4.90 Å². The van der Waals surface area contributed by atoms with Crippen molar-refractivity contribution in [3.05, 3.63) is 11.6 Å². The molecule has 4 aliphatic rings. The summed E-state index contributed by atoms with van der Waals surface area (Å²) < 4.78 is 0. The van der Waals surface area contributed by atoms with Crippen molar-refractivity contribution in [3.63, 3.8) is 0 Å². The van der Waals surface area contributed by atoms with Gasteiger partial charge in [0.05, 0.1) is 0 Å². The fraction of sp³-hybridized carbons (Fsp3) is 0.867. The Morgan fingerprint density at radius 3 is 2.49 bits per heavy atom. The standard InChI is InChI=1S/C30H50N2O3/c1-19(2)7-6-8-20(3)24-11-12-25-23-10-9-21-17-22(32(28(31)35)18-27(33)34)13-15-29(21,4)26(23)14-16-30(24,25)5/h9,19-20,22-26H,6-8,10-18H2,1-5H3,(H2,31,35)(H,33,34)/t20-,22+,23+,24-,25+,26+,29+,30-/m1/s1. The molecule has 0 bridgehead atoms.